The van der Waals surface area contributed by atoms with Crippen LogP contribution in [0.1, 0.15) is 39.5 Å². The summed E-state index contributed by atoms with van der Waals surface area (Å²) in [4.78, 5) is 11.6. The Balaban J connectivity index is 2.58. The molecular weight excluding hydrogens is 178 g/mol. The summed E-state index contributed by atoms with van der Waals surface area (Å²) >= 11 is 0. The van der Waals surface area contributed by atoms with E-state index in [2.05, 4.69) is 5.32 Å². The second-order valence-electron chi connectivity index (χ2n) is 4.46. The summed E-state index contributed by atoms with van der Waals surface area (Å²) in [6.07, 6.45) is 1.61. The van der Waals surface area contributed by atoms with Gasteiger partial charge in [0.1, 0.15) is 5.76 Å². The lowest BCUT2D eigenvalue weighted by molar-refractivity contribution is -0.129. The molecule has 1 atom stereocenters. The van der Waals surface area contributed by atoms with Gasteiger partial charge in [-0.25, -0.2) is 0 Å². The SMILES string of the molecule is CC(NC(=O)C(C)(C)C)c1ccco1. The smallest absolute Gasteiger partial charge is 0.225 e. The fraction of sp³-hybridized carbons (Fsp3) is 0.545. The van der Waals surface area contributed by atoms with Crippen LogP contribution in [0.25, 0.3) is 0 Å². The zero-order valence-corrected chi connectivity index (χ0v) is 9.13. The number of amides is 1. The van der Waals surface area contributed by atoms with Crippen molar-refractivity contribution in [2.45, 2.75) is 33.7 Å². The molecule has 1 rings (SSSR count). The highest BCUT2D eigenvalue weighted by Gasteiger charge is 2.23. The van der Waals surface area contributed by atoms with E-state index in [9.17, 15) is 4.79 Å². The molecule has 0 aliphatic heterocycles. The van der Waals surface area contributed by atoms with Crippen LogP contribution in [0.5, 0.6) is 0 Å². The van der Waals surface area contributed by atoms with E-state index in [0.29, 0.717) is 0 Å². The van der Waals surface area contributed by atoms with E-state index in [-0.39, 0.29) is 17.4 Å². The minimum Gasteiger partial charge on any atom is -0.467 e. The molecule has 1 heterocycles. The normalized spacial score (nSPS) is 13.7. The van der Waals surface area contributed by atoms with Crippen LogP contribution >= 0.6 is 0 Å². The van der Waals surface area contributed by atoms with Crippen molar-refractivity contribution in [2.24, 2.45) is 5.41 Å². The first-order valence-corrected chi connectivity index (χ1v) is 4.75. The third kappa shape index (κ3) is 2.62. The standard InChI is InChI=1S/C11H17NO2/c1-8(9-6-5-7-14-9)12-10(13)11(2,3)4/h5-8H,1-4H3,(H,12,13). The fourth-order valence-electron chi connectivity index (χ4n) is 1.02. The molecule has 0 saturated carbocycles. The van der Waals surface area contributed by atoms with Crippen molar-refractivity contribution in [1.82, 2.24) is 5.32 Å². The van der Waals surface area contributed by atoms with Gasteiger partial charge in [0.25, 0.3) is 0 Å². The molecule has 0 aliphatic rings. The van der Waals surface area contributed by atoms with Gasteiger partial charge in [0.05, 0.1) is 12.3 Å². The molecule has 0 bridgehead atoms. The first kappa shape index (κ1) is 10.8. The van der Waals surface area contributed by atoms with Crippen molar-refractivity contribution in [2.75, 3.05) is 0 Å². The van der Waals surface area contributed by atoms with Crippen LogP contribution < -0.4 is 5.32 Å². The third-order valence-corrected chi connectivity index (χ3v) is 2.00. The number of hydrogen-bond donors (Lipinski definition) is 1. The first-order valence-electron chi connectivity index (χ1n) is 4.75. The van der Waals surface area contributed by atoms with Gasteiger partial charge in [-0.3, -0.25) is 4.79 Å². The Hall–Kier alpha value is -1.25. The van der Waals surface area contributed by atoms with Crippen LogP contribution in [0.4, 0.5) is 0 Å². The van der Waals surface area contributed by atoms with Gasteiger partial charge in [-0.05, 0) is 19.1 Å². The van der Waals surface area contributed by atoms with Crippen LogP contribution in [-0.4, -0.2) is 5.91 Å². The van der Waals surface area contributed by atoms with Gasteiger partial charge in [0, 0.05) is 5.41 Å². The van der Waals surface area contributed by atoms with Crippen LogP contribution in [0.15, 0.2) is 22.8 Å². The van der Waals surface area contributed by atoms with Crippen LogP contribution in [0.2, 0.25) is 0 Å². The molecular formula is C11H17NO2. The molecule has 14 heavy (non-hydrogen) atoms. The second kappa shape index (κ2) is 3.86. The van der Waals surface area contributed by atoms with E-state index >= 15 is 0 Å². The Kier molecular flexibility index (Phi) is 2.99. The zero-order valence-electron chi connectivity index (χ0n) is 9.13. The highest BCUT2D eigenvalue weighted by molar-refractivity contribution is 5.81. The number of carbonyl (C=O) groups excluding carboxylic acids is 1. The maximum atomic E-state index is 11.6. The molecule has 3 nitrogen and oxygen atoms in total. The highest BCUT2D eigenvalue weighted by Crippen LogP contribution is 2.17. The molecule has 1 N–H and O–H groups in total. The van der Waals surface area contributed by atoms with Crippen molar-refractivity contribution >= 4 is 5.91 Å². The monoisotopic (exact) mass is 195 g/mol. The lowest BCUT2D eigenvalue weighted by atomic mass is 9.95. The average Bonchev–Trinajstić information content (AvgIpc) is 2.53. The molecule has 0 spiro atoms. The highest BCUT2D eigenvalue weighted by atomic mass is 16.3. The zero-order chi connectivity index (χ0) is 10.8. The van der Waals surface area contributed by atoms with Crippen LogP contribution in [0, 0.1) is 5.41 Å². The third-order valence-electron chi connectivity index (χ3n) is 2.00. The number of nitrogens with one attached hydrogen (secondary N) is 1. The number of rotatable bonds is 2. The molecule has 0 aromatic carbocycles. The molecule has 1 aromatic heterocycles. The molecule has 0 saturated heterocycles. The molecule has 0 radical (unpaired) electrons. The van der Waals surface area contributed by atoms with Gasteiger partial charge in [0.15, 0.2) is 0 Å². The summed E-state index contributed by atoms with van der Waals surface area (Å²) in [5.41, 5.74) is -0.360. The molecule has 78 valence electrons. The maximum Gasteiger partial charge on any atom is 0.225 e. The number of carbonyl (C=O) groups is 1. The van der Waals surface area contributed by atoms with Crippen molar-refractivity contribution in [3.05, 3.63) is 24.2 Å². The lowest BCUT2D eigenvalue weighted by Crippen LogP contribution is -2.36. The summed E-state index contributed by atoms with van der Waals surface area (Å²) in [5, 5.41) is 2.89. The van der Waals surface area contributed by atoms with Gasteiger partial charge in [-0.2, -0.15) is 0 Å². The van der Waals surface area contributed by atoms with E-state index in [1.807, 2.05) is 39.8 Å². The number of furan rings is 1. The quantitative estimate of drug-likeness (QED) is 0.787. The molecule has 1 aromatic rings. The van der Waals surface area contributed by atoms with Crippen LogP contribution in [0.3, 0.4) is 0 Å². The van der Waals surface area contributed by atoms with Crippen molar-refractivity contribution in [3.63, 3.8) is 0 Å². The van der Waals surface area contributed by atoms with Gasteiger partial charge in [0.2, 0.25) is 5.91 Å². The van der Waals surface area contributed by atoms with Gasteiger partial charge >= 0.3 is 0 Å². The largest absolute Gasteiger partial charge is 0.467 e. The summed E-state index contributed by atoms with van der Waals surface area (Å²) in [5.74, 6) is 0.809. The first-order chi connectivity index (χ1) is 6.41. The lowest BCUT2D eigenvalue weighted by Gasteiger charge is -2.20. The second-order valence-corrected chi connectivity index (χ2v) is 4.46. The van der Waals surface area contributed by atoms with Crippen molar-refractivity contribution in [1.29, 1.82) is 0 Å². The molecule has 1 amide bonds. The molecule has 0 aliphatic carbocycles. The van der Waals surface area contributed by atoms with Crippen LogP contribution in [-0.2, 0) is 4.79 Å². The van der Waals surface area contributed by atoms with E-state index < -0.39 is 0 Å². The van der Waals surface area contributed by atoms with Gasteiger partial charge in [-0.15, -0.1) is 0 Å². The molecule has 1 unspecified atom stereocenters. The Bertz CT molecular complexity index is 296. The minimum atomic E-state index is -0.360. The van der Waals surface area contributed by atoms with Crippen molar-refractivity contribution in [3.8, 4) is 0 Å². The van der Waals surface area contributed by atoms with E-state index in [0.717, 1.165) is 5.76 Å². The number of hydrogen-bond acceptors (Lipinski definition) is 2. The van der Waals surface area contributed by atoms with E-state index in [1.54, 1.807) is 6.26 Å². The summed E-state index contributed by atoms with van der Waals surface area (Å²) in [6.45, 7) is 7.56. The topological polar surface area (TPSA) is 42.2 Å². The van der Waals surface area contributed by atoms with Crippen molar-refractivity contribution < 1.29 is 9.21 Å². The Labute approximate surface area is 84.5 Å². The fourth-order valence-corrected chi connectivity index (χ4v) is 1.02. The predicted octanol–water partition coefficient (Wildman–Crippen LogP) is 2.50. The van der Waals surface area contributed by atoms with Gasteiger partial charge < -0.3 is 9.73 Å². The summed E-state index contributed by atoms with van der Waals surface area (Å²) < 4.78 is 5.19. The molecule has 3 heteroatoms. The maximum absolute atomic E-state index is 11.6. The minimum absolute atomic E-state index is 0.0291. The Morgan fingerprint density at radius 3 is 2.57 bits per heavy atom. The van der Waals surface area contributed by atoms with Gasteiger partial charge in [-0.1, -0.05) is 20.8 Å². The predicted molar refractivity (Wildman–Crippen MR) is 54.7 cm³/mol. The average molecular weight is 195 g/mol. The van der Waals surface area contributed by atoms with E-state index in [4.69, 9.17) is 4.42 Å². The molecule has 0 fully saturated rings. The summed E-state index contributed by atoms with van der Waals surface area (Å²) in [7, 11) is 0. The Morgan fingerprint density at radius 1 is 1.50 bits per heavy atom. The Morgan fingerprint density at radius 2 is 2.14 bits per heavy atom. The van der Waals surface area contributed by atoms with E-state index in [1.165, 1.54) is 0 Å². The summed E-state index contributed by atoms with van der Waals surface area (Å²) in [6, 6.07) is 3.60.